The number of nitrogen functional groups attached to an aromatic ring is 3. The highest BCUT2D eigenvalue weighted by molar-refractivity contribution is 7.59. The van der Waals surface area contributed by atoms with Crippen molar-refractivity contribution >= 4 is 24.6 Å². The van der Waals surface area contributed by atoms with Gasteiger partial charge in [-0.3, -0.25) is 0 Å². The highest BCUT2D eigenvalue weighted by Gasteiger charge is 2.61. The topological polar surface area (TPSA) is 156 Å². The van der Waals surface area contributed by atoms with Gasteiger partial charge < -0.3 is 45.7 Å². The van der Waals surface area contributed by atoms with Crippen LogP contribution in [0, 0.1) is 0 Å². The fourth-order valence-corrected chi connectivity index (χ4v) is 8.40. The second kappa shape index (κ2) is 17.8. The molecule has 0 unspecified atom stereocenters. The summed E-state index contributed by atoms with van der Waals surface area (Å²) >= 11 is 0. The number of para-hydroxylation sites is 3. The van der Waals surface area contributed by atoms with E-state index in [1.165, 1.54) is 0 Å². The van der Waals surface area contributed by atoms with Crippen LogP contribution in [0.5, 0.6) is 34.5 Å². The van der Waals surface area contributed by atoms with Crippen LogP contribution in [0.3, 0.4) is 0 Å². The third kappa shape index (κ3) is 9.46. The molecule has 6 rings (SSSR count). The molecular weight excluding hydrogens is 729 g/mol. The number of nitrogens with zero attached hydrogens (tertiary/aromatic N) is 4. The Morgan fingerprint density at radius 1 is 0.446 bits per heavy atom. The van der Waals surface area contributed by atoms with Crippen molar-refractivity contribution in [2.45, 2.75) is 12.5 Å². The van der Waals surface area contributed by atoms with Gasteiger partial charge in [0.05, 0.1) is 0 Å². The first-order chi connectivity index (χ1) is 27.1. The molecule has 0 aliphatic heterocycles. The van der Waals surface area contributed by atoms with E-state index < -0.39 is 20.0 Å². The summed E-state index contributed by atoms with van der Waals surface area (Å²) in [5.74, 6) is 2.36. The molecule has 6 N–H and O–H groups in total. The van der Waals surface area contributed by atoms with Crippen molar-refractivity contribution in [2.75, 3.05) is 45.4 Å². The second-order valence-corrected chi connectivity index (χ2v) is 16.0. The summed E-state index contributed by atoms with van der Waals surface area (Å²) in [4.78, 5) is 11.4. The zero-order valence-electron chi connectivity index (χ0n) is 31.6. The lowest BCUT2D eigenvalue weighted by Gasteiger charge is -2.50. The van der Waals surface area contributed by atoms with Crippen LogP contribution in [0.15, 0.2) is 169 Å². The number of nitrogens with two attached hydrogens (primary N) is 3. The Labute approximate surface area is 327 Å². The molecule has 0 saturated heterocycles. The summed E-state index contributed by atoms with van der Waals surface area (Å²) in [6, 6.07) is 48.2. The van der Waals surface area contributed by atoms with E-state index in [1.54, 1.807) is 89.6 Å². The van der Waals surface area contributed by atoms with Crippen molar-refractivity contribution in [3.05, 3.63) is 164 Å². The van der Waals surface area contributed by atoms with Gasteiger partial charge in [0, 0.05) is 17.1 Å². The van der Waals surface area contributed by atoms with Crippen molar-refractivity contribution in [1.29, 1.82) is 0 Å². The molecule has 6 aromatic carbocycles. The Morgan fingerprint density at radius 3 is 1.12 bits per heavy atom. The first-order valence-electron chi connectivity index (χ1n) is 17.6. The minimum absolute atomic E-state index is 0.323. The van der Waals surface area contributed by atoms with Crippen molar-refractivity contribution in [2.24, 2.45) is 4.91 Å². The Balaban J connectivity index is 1.72. The first-order valence-corrected chi connectivity index (χ1v) is 19.2. The molecule has 0 radical (unpaired) electrons. The Hall–Kier alpha value is -6.37. The Bertz CT molecular complexity index is 2060. The molecule has 0 aliphatic rings. The van der Waals surface area contributed by atoms with Crippen LogP contribution in [0.1, 0.15) is 0 Å². The van der Waals surface area contributed by atoms with Gasteiger partial charge in [-0.05, 0) is 137 Å². The summed E-state index contributed by atoms with van der Waals surface area (Å²) < 4.78 is 40.4. The van der Waals surface area contributed by atoms with Crippen LogP contribution < -0.4 is 45.7 Å². The van der Waals surface area contributed by atoms with Gasteiger partial charge in [-0.2, -0.15) is 0 Å². The van der Waals surface area contributed by atoms with E-state index in [0.29, 0.717) is 51.6 Å². The van der Waals surface area contributed by atoms with Crippen molar-refractivity contribution in [1.82, 2.24) is 14.0 Å². The predicted molar refractivity (Wildman–Crippen MR) is 221 cm³/mol. The van der Waals surface area contributed by atoms with Gasteiger partial charge >= 0.3 is 12.5 Å². The smallest absolute Gasteiger partial charge is 0.441 e. The number of hydrogen-bond donors (Lipinski definition) is 3. The molecule has 0 atom stereocenters. The second-order valence-electron chi connectivity index (χ2n) is 12.8. The molecule has 0 bridgehead atoms. The van der Waals surface area contributed by atoms with E-state index in [-0.39, 0.29) is 0 Å². The van der Waals surface area contributed by atoms with Gasteiger partial charge in [-0.1, -0.05) is 64.2 Å². The molecule has 56 heavy (non-hydrogen) atoms. The highest BCUT2D eigenvalue weighted by Crippen LogP contribution is 2.61. The SMILES string of the molecule is CN(C)P(=NOc1ccc(N)cc1)(N(C)C)N(C(Oc1ccccc1)Oc1ccccc1)C(Oc1ccccc1)(Oc1ccc(N)cc1)Oc1ccc(N)cc1. The maximum absolute atomic E-state index is 7.06. The highest BCUT2D eigenvalue weighted by atomic mass is 31.2. The summed E-state index contributed by atoms with van der Waals surface area (Å²) in [5.41, 5.74) is 20.0. The predicted octanol–water partition coefficient (Wildman–Crippen LogP) is 8.39. The van der Waals surface area contributed by atoms with E-state index in [9.17, 15) is 0 Å². The largest absolute Gasteiger partial charge is 0.507 e. The third-order valence-corrected chi connectivity index (χ3v) is 11.6. The molecule has 13 nitrogen and oxygen atoms in total. The molecule has 0 heterocycles. The maximum Gasteiger partial charge on any atom is 0.507 e. The van der Waals surface area contributed by atoms with E-state index >= 15 is 0 Å². The van der Waals surface area contributed by atoms with E-state index in [1.807, 2.05) is 116 Å². The standard InChI is InChI=1S/C42H46N7O6P/c1-47(2)56(48(3)4,46-55-40-30-24-34(45)25-31-40)49(41(50-35-14-8-5-9-15-35)51-36-16-10-6-11-17-36)42(52-37-18-12-7-13-19-37,53-38-26-20-32(43)21-27-38)54-39-28-22-33(44)23-29-39/h5-31,41H,43-45H2,1-4H3. The lowest BCUT2D eigenvalue weighted by atomic mass is 10.3. The zero-order valence-corrected chi connectivity index (χ0v) is 32.5. The first kappa shape index (κ1) is 39.3. The van der Waals surface area contributed by atoms with Crippen molar-refractivity contribution in [3.8, 4) is 34.5 Å². The van der Waals surface area contributed by atoms with Crippen LogP contribution in [0.2, 0.25) is 0 Å². The fraction of sp³-hybridized carbons (Fsp3) is 0.143. The number of rotatable bonds is 17. The molecule has 0 aromatic heterocycles. The molecule has 0 spiro atoms. The molecule has 290 valence electrons. The quantitative estimate of drug-likeness (QED) is 0.0353. The molecule has 0 amide bonds. The average molecular weight is 776 g/mol. The maximum atomic E-state index is 7.06. The van der Waals surface area contributed by atoms with Crippen LogP contribution in [0.4, 0.5) is 17.1 Å². The van der Waals surface area contributed by atoms with Gasteiger partial charge in [0.25, 0.3) is 0 Å². The van der Waals surface area contributed by atoms with Crippen LogP contribution in [-0.4, -0.2) is 54.7 Å². The molecule has 0 aliphatic carbocycles. The fourth-order valence-electron chi connectivity index (χ4n) is 5.54. The summed E-state index contributed by atoms with van der Waals surface area (Å²) in [5, 5.41) is 0. The minimum Gasteiger partial charge on any atom is -0.441 e. The van der Waals surface area contributed by atoms with Crippen LogP contribution in [-0.2, 0) is 0 Å². The van der Waals surface area contributed by atoms with Crippen LogP contribution in [0.25, 0.3) is 0 Å². The lowest BCUT2D eigenvalue weighted by molar-refractivity contribution is -0.353. The Morgan fingerprint density at radius 2 is 0.768 bits per heavy atom. The van der Waals surface area contributed by atoms with E-state index in [0.717, 1.165) is 0 Å². The van der Waals surface area contributed by atoms with Gasteiger partial charge in [0.2, 0.25) is 7.51 Å². The molecule has 14 heteroatoms. The van der Waals surface area contributed by atoms with E-state index in [2.05, 4.69) is 0 Å². The number of ether oxygens (including phenoxy) is 5. The van der Waals surface area contributed by atoms with Crippen molar-refractivity contribution < 1.29 is 28.5 Å². The van der Waals surface area contributed by atoms with Gasteiger partial charge in [-0.15, -0.1) is 0 Å². The average Bonchev–Trinajstić information content (AvgIpc) is 3.19. The van der Waals surface area contributed by atoms with Crippen LogP contribution >= 0.6 is 7.51 Å². The third-order valence-electron chi connectivity index (χ3n) is 8.18. The molecule has 0 fully saturated rings. The number of hydrogen-bond acceptors (Lipinski definition) is 10. The number of anilines is 3. The molecule has 6 aromatic rings. The monoisotopic (exact) mass is 775 g/mol. The lowest BCUT2D eigenvalue weighted by Crippen LogP contribution is -2.67. The summed E-state index contributed by atoms with van der Waals surface area (Å²) in [6.45, 7) is 0. The number of benzene rings is 6. The molecule has 0 saturated carbocycles. The normalized spacial score (nSPS) is 11.7. The summed E-state index contributed by atoms with van der Waals surface area (Å²) in [7, 11) is 3.83. The zero-order chi connectivity index (χ0) is 39.5. The summed E-state index contributed by atoms with van der Waals surface area (Å²) in [6.07, 6.45) is -3.76. The Kier molecular flexibility index (Phi) is 12.5. The molecular formula is C42H46N7O6P. The van der Waals surface area contributed by atoms with Gasteiger partial charge in [0.15, 0.2) is 5.75 Å². The van der Waals surface area contributed by atoms with Gasteiger partial charge in [0.1, 0.15) is 28.7 Å². The van der Waals surface area contributed by atoms with Gasteiger partial charge in [-0.25, -0.2) is 9.34 Å². The minimum atomic E-state index is -3.61. The van der Waals surface area contributed by atoms with Crippen molar-refractivity contribution in [3.63, 3.8) is 0 Å². The van der Waals surface area contributed by atoms with E-state index in [4.69, 9.17) is 50.6 Å².